The Morgan fingerprint density at radius 1 is 1.37 bits per heavy atom. The smallest absolute Gasteiger partial charge is 0.371 e. The molecule has 7 heteroatoms. The molecule has 0 amide bonds. The second kappa shape index (κ2) is 3.74. The zero-order valence-corrected chi connectivity index (χ0v) is 11.1. The maximum atomic E-state index is 12.3. The molecule has 103 valence electrons. The lowest BCUT2D eigenvalue weighted by Crippen LogP contribution is -2.53. The summed E-state index contributed by atoms with van der Waals surface area (Å²) in [5.41, 5.74) is -1.92. The highest BCUT2D eigenvalue weighted by molar-refractivity contribution is 5.95. The SMILES string of the molecule is CC1(C)N([O])C(c2ccc(C(=O)O)o2)=[N+]([O-])C1(C)C. The second-order valence-electron chi connectivity index (χ2n) is 5.50. The molecule has 2 rings (SSSR count). The lowest BCUT2D eigenvalue weighted by Gasteiger charge is -2.32. The maximum Gasteiger partial charge on any atom is 0.371 e. The van der Waals surface area contributed by atoms with Gasteiger partial charge < -0.3 is 14.7 Å². The van der Waals surface area contributed by atoms with Gasteiger partial charge in [0.05, 0.1) is 0 Å². The van der Waals surface area contributed by atoms with E-state index in [4.69, 9.17) is 9.52 Å². The quantitative estimate of drug-likeness (QED) is 0.645. The third-order valence-electron chi connectivity index (χ3n) is 3.93. The molecule has 0 spiro atoms. The predicted octanol–water partition coefficient (Wildman–Crippen LogP) is 1.45. The largest absolute Gasteiger partial charge is 0.714 e. The van der Waals surface area contributed by atoms with Gasteiger partial charge in [-0.1, -0.05) is 5.06 Å². The Balaban J connectivity index is 2.55. The van der Waals surface area contributed by atoms with Crippen LogP contribution in [0.1, 0.15) is 44.0 Å². The van der Waals surface area contributed by atoms with Gasteiger partial charge in [-0.2, -0.15) is 0 Å². The Bertz CT molecular complexity index is 570. The minimum Gasteiger partial charge on any atom is -0.714 e. The van der Waals surface area contributed by atoms with Crippen molar-refractivity contribution in [3.63, 3.8) is 0 Å². The highest BCUT2D eigenvalue weighted by Gasteiger charge is 2.60. The van der Waals surface area contributed by atoms with Crippen LogP contribution in [0.4, 0.5) is 0 Å². The standard InChI is InChI=1S/C12H15N2O5/c1-11(2)12(3,4)14(18)9(13(11)17)7-5-6-8(19-7)10(15)16/h5-6H,1-4H3,(H,15,16). The van der Waals surface area contributed by atoms with E-state index in [0.717, 1.165) is 0 Å². The van der Waals surface area contributed by atoms with Crippen LogP contribution in [0.15, 0.2) is 16.5 Å². The first-order chi connectivity index (χ1) is 8.60. The van der Waals surface area contributed by atoms with E-state index in [1.165, 1.54) is 12.1 Å². The van der Waals surface area contributed by atoms with Crippen molar-refractivity contribution in [2.24, 2.45) is 0 Å². The molecule has 1 aromatic rings. The van der Waals surface area contributed by atoms with Crippen LogP contribution in [-0.4, -0.2) is 37.8 Å². The Morgan fingerprint density at radius 3 is 2.32 bits per heavy atom. The molecule has 1 aliphatic heterocycles. The molecule has 1 radical (unpaired) electrons. The zero-order chi connectivity index (χ0) is 14.6. The lowest BCUT2D eigenvalue weighted by molar-refractivity contribution is -0.539. The fourth-order valence-electron chi connectivity index (χ4n) is 1.88. The Kier molecular flexibility index (Phi) is 2.64. The normalized spacial score (nSPS) is 21.0. The van der Waals surface area contributed by atoms with Crippen LogP contribution < -0.4 is 0 Å². The number of amidine groups is 1. The minimum absolute atomic E-state index is 0.0407. The molecule has 0 bridgehead atoms. The van der Waals surface area contributed by atoms with Gasteiger partial charge in [0.25, 0.3) is 0 Å². The first-order valence-electron chi connectivity index (χ1n) is 5.76. The molecule has 0 fully saturated rings. The zero-order valence-electron chi connectivity index (χ0n) is 11.1. The number of carbonyl (C=O) groups is 1. The molecular formula is C12H15N2O5. The summed E-state index contributed by atoms with van der Waals surface area (Å²) >= 11 is 0. The van der Waals surface area contributed by atoms with Gasteiger partial charge in [0.15, 0.2) is 5.54 Å². The molecule has 2 heterocycles. The average Bonchev–Trinajstić information content (AvgIpc) is 2.81. The minimum atomic E-state index is -1.25. The average molecular weight is 267 g/mol. The van der Waals surface area contributed by atoms with Gasteiger partial charge in [-0.3, -0.25) is 4.74 Å². The van der Waals surface area contributed by atoms with E-state index >= 15 is 0 Å². The number of furan rings is 1. The first-order valence-corrected chi connectivity index (χ1v) is 5.76. The van der Waals surface area contributed by atoms with Crippen molar-refractivity contribution in [1.82, 2.24) is 5.06 Å². The highest BCUT2D eigenvalue weighted by Crippen LogP contribution is 2.37. The van der Waals surface area contributed by atoms with E-state index in [1.54, 1.807) is 27.7 Å². The molecule has 19 heavy (non-hydrogen) atoms. The molecule has 0 saturated carbocycles. The summed E-state index contributed by atoms with van der Waals surface area (Å²) in [6.07, 6.45) is 0. The number of carboxylic acid groups (broad SMARTS) is 1. The van der Waals surface area contributed by atoms with Crippen LogP contribution in [0.2, 0.25) is 0 Å². The fourth-order valence-corrected chi connectivity index (χ4v) is 1.88. The van der Waals surface area contributed by atoms with Crippen molar-refractivity contribution in [3.8, 4) is 0 Å². The number of hydrogen-bond acceptors (Lipinski definition) is 4. The summed E-state index contributed by atoms with van der Waals surface area (Å²) in [7, 11) is 0. The number of aromatic carboxylic acids is 1. The van der Waals surface area contributed by atoms with Crippen LogP contribution >= 0.6 is 0 Å². The van der Waals surface area contributed by atoms with Gasteiger partial charge in [-0.05, 0) is 39.8 Å². The van der Waals surface area contributed by atoms with Crippen molar-refractivity contribution in [3.05, 3.63) is 28.9 Å². The van der Waals surface area contributed by atoms with Gasteiger partial charge in [0, 0.05) is 5.21 Å². The summed E-state index contributed by atoms with van der Waals surface area (Å²) in [5.74, 6) is -1.81. The van der Waals surface area contributed by atoms with Crippen molar-refractivity contribution >= 4 is 11.8 Å². The Morgan fingerprint density at radius 2 is 1.95 bits per heavy atom. The predicted molar refractivity (Wildman–Crippen MR) is 64.1 cm³/mol. The molecule has 1 aliphatic rings. The third-order valence-corrected chi connectivity index (χ3v) is 3.93. The van der Waals surface area contributed by atoms with Crippen molar-refractivity contribution in [2.45, 2.75) is 38.8 Å². The number of carboxylic acids is 1. The van der Waals surface area contributed by atoms with E-state index in [-0.39, 0.29) is 17.4 Å². The number of hydrogen-bond donors (Lipinski definition) is 1. The maximum absolute atomic E-state index is 12.3. The molecule has 0 aromatic carbocycles. The van der Waals surface area contributed by atoms with Crippen molar-refractivity contribution < 1.29 is 24.3 Å². The Hall–Kier alpha value is -2.02. The van der Waals surface area contributed by atoms with E-state index < -0.39 is 17.0 Å². The summed E-state index contributed by atoms with van der Waals surface area (Å²) in [6, 6.07) is 2.52. The fraction of sp³-hybridized carbons (Fsp3) is 0.500. The lowest BCUT2D eigenvalue weighted by atomic mass is 9.84. The molecule has 1 aromatic heterocycles. The van der Waals surface area contributed by atoms with Gasteiger partial charge in [0.1, 0.15) is 5.54 Å². The summed E-state index contributed by atoms with van der Waals surface area (Å²) < 4.78 is 5.61. The molecule has 0 aliphatic carbocycles. The van der Waals surface area contributed by atoms with Crippen LogP contribution in [0.3, 0.4) is 0 Å². The van der Waals surface area contributed by atoms with Gasteiger partial charge in [0.2, 0.25) is 11.5 Å². The van der Waals surface area contributed by atoms with E-state index in [0.29, 0.717) is 9.80 Å². The second-order valence-corrected chi connectivity index (χ2v) is 5.50. The molecule has 0 unspecified atom stereocenters. The van der Waals surface area contributed by atoms with Crippen molar-refractivity contribution in [1.29, 1.82) is 0 Å². The van der Waals surface area contributed by atoms with E-state index in [1.807, 2.05) is 0 Å². The Labute approximate surface area is 109 Å². The van der Waals surface area contributed by atoms with Crippen LogP contribution in [-0.2, 0) is 5.21 Å². The van der Waals surface area contributed by atoms with Gasteiger partial charge in [-0.15, -0.1) is 0 Å². The van der Waals surface area contributed by atoms with Crippen LogP contribution in [0.5, 0.6) is 0 Å². The first kappa shape index (κ1) is 13.4. The monoisotopic (exact) mass is 267 g/mol. The van der Waals surface area contributed by atoms with Crippen LogP contribution in [0.25, 0.3) is 0 Å². The highest BCUT2D eigenvalue weighted by atomic mass is 16.5. The number of hydroxylamine groups is 3. The number of rotatable bonds is 2. The number of nitrogens with zero attached hydrogens (tertiary/aromatic N) is 2. The summed E-state index contributed by atoms with van der Waals surface area (Å²) in [6.45, 7) is 6.61. The third kappa shape index (κ3) is 1.61. The molecular weight excluding hydrogens is 252 g/mol. The summed E-state index contributed by atoms with van der Waals surface area (Å²) in [4.78, 5) is 10.8. The summed E-state index contributed by atoms with van der Waals surface area (Å²) in [5, 5.41) is 33.9. The van der Waals surface area contributed by atoms with Gasteiger partial charge >= 0.3 is 11.8 Å². The molecule has 7 nitrogen and oxygen atoms in total. The van der Waals surface area contributed by atoms with Gasteiger partial charge in [-0.25, -0.2) is 4.79 Å². The molecule has 0 atom stereocenters. The van der Waals surface area contributed by atoms with E-state index in [2.05, 4.69) is 0 Å². The molecule has 0 saturated heterocycles. The topological polar surface area (TPSA) is 99.7 Å². The van der Waals surface area contributed by atoms with Crippen LogP contribution in [0, 0.1) is 5.21 Å². The van der Waals surface area contributed by atoms with E-state index in [9.17, 15) is 15.2 Å². The molecule has 1 N–H and O–H groups in total. The van der Waals surface area contributed by atoms with Crippen molar-refractivity contribution in [2.75, 3.05) is 0 Å².